The lowest BCUT2D eigenvalue weighted by molar-refractivity contribution is -0.145. The fraction of sp³-hybridized carbons (Fsp3) is 0.500. The molecule has 8 nitrogen and oxygen atoms in total. The molecule has 0 amide bonds. The van der Waals surface area contributed by atoms with Crippen molar-refractivity contribution in [3.05, 3.63) is 80.2 Å². The number of nitrogens with zero attached hydrogens (tertiary/aromatic N) is 3. The Bertz CT molecular complexity index is 1320. The van der Waals surface area contributed by atoms with Crippen LogP contribution >= 0.6 is 0 Å². The molecular formula is C28H36N4O4. The monoisotopic (exact) mass is 492 g/mol. The Labute approximate surface area is 211 Å². The number of carbonyl (C=O) groups is 1. The largest absolute Gasteiger partial charge is 0.469 e. The van der Waals surface area contributed by atoms with E-state index in [1.807, 2.05) is 25.1 Å². The number of methoxy groups -OCH3 is 1. The van der Waals surface area contributed by atoms with E-state index < -0.39 is 23.3 Å². The van der Waals surface area contributed by atoms with Gasteiger partial charge in [0.1, 0.15) is 0 Å². The fourth-order valence-corrected chi connectivity index (χ4v) is 5.04. The minimum absolute atomic E-state index is 0.0727. The van der Waals surface area contributed by atoms with Crippen LogP contribution < -0.4 is 17.0 Å². The van der Waals surface area contributed by atoms with Gasteiger partial charge >= 0.3 is 17.3 Å². The Morgan fingerprint density at radius 2 is 1.86 bits per heavy atom. The molecule has 2 aliphatic rings. The summed E-state index contributed by atoms with van der Waals surface area (Å²) in [4.78, 5) is 45.8. The van der Waals surface area contributed by atoms with Crippen molar-refractivity contribution in [2.45, 2.75) is 71.4 Å². The van der Waals surface area contributed by atoms with Crippen molar-refractivity contribution in [2.24, 2.45) is 16.8 Å². The van der Waals surface area contributed by atoms with Gasteiger partial charge in [-0.3, -0.25) is 14.3 Å². The van der Waals surface area contributed by atoms with E-state index >= 15 is 0 Å². The summed E-state index contributed by atoms with van der Waals surface area (Å²) in [5.74, 6) is -0.438. The predicted octanol–water partition coefficient (Wildman–Crippen LogP) is 3.95. The number of ether oxygens (including phenoxy) is 1. The van der Waals surface area contributed by atoms with Crippen LogP contribution in [0.1, 0.15) is 63.9 Å². The molecule has 1 N–H and O–H groups in total. The summed E-state index contributed by atoms with van der Waals surface area (Å²) in [6.45, 7) is 3.96. The van der Waals surface area contributed by atoms with Crippen molar-refractivity contribution in [1.29, 1.82) is 0 Å². The average Bonchev–Trinajstić information content (AvgIpc) is 2.90. The molecule has 0 bridgehead atoms. The number of esters is 1. The van der Waals surface area contributed by atoms with Gasteiger partial charge in [0.2, 0.25) is 5.62 Å². The zero-order valence-corrected chi connectivity index (χ0v) is 21.4. The summed E-state index contributed by atoms with van der Waals surface area (Å²) < 4.78 is 7.33. The highest BCUT2D eigenvalue weighted by molar-refractivity contribution is 5.71. The summed E-state index contributed by atoms with van der Waals surface area (Å²) in [5, 5.41) is 0. The summed E-state index contributed by atoms with van der Waals surface area (Å²) in [7, 11) is 1.29. The Hall–Kier alpha value is -3.42. The third-order valence-corrected chi connectivity index (χ3v) is 7.24. The Morgan fingerprint density at radius 3 is 2.50 bits per heavy atom. The third-order valence-electron chi connectivity index (χ3n) is 7.24. The first-order valence-electron chi connectivity index (χ1n) is 12.9. The van der Waals surface area contributed by atoms with Crippen LogP contribution in [0.5, 0.6) is 0 Å². The van der Waals surface area contributed by atoms with E-state index in [4.69, 9.17) is 4.74 Å². The number of rotatable bonds is 7. The van der Waals surface area contributed by atoms with E-state index in [9.17, 15) is 14.4 Å². The highest BCUT2D eigenvalue weighted by atomic mass is 16.5. The molecule has 36 heavy (non-hydrogen) atoms. The van der Waals surface area contributed by atoms with Crippen LogP contribution in [0.3, 0.4) is 0 Å². The molecule has 1 fully saturated rings. The van der Waals surface area contributed by atoms with Crippen molar-refractivity contribution in [2.75, 3.05) is 7.11 Å². The SMILES string of the molecule is COC(=O)[C@@H](C)Cn1c(=O)[nH]/c(=N\c2ccc(C3CCCCC3)cc2)n(CC2C=CC(C)=CC2)c1=O. The van der Waals surface area contributed by atoms with Crippen LogP contribution in [-0.4, -0.2) is 27.2 Å². The number of hydrogen-bond donors (Lipinski definition) is 1. The van der Waals surface area contributed by atoms with Crippen LogP contribution in [0.4, 0.5) is 5.69 Å². The molecule has 1 aromatic carbocycles. The van der Waals surface area contributed by atoms with Gasteiger partial charge in [0.25, 0.3) is 0 Å². The maximum absolute atomic E-state index is 13.5. The maximum atomic E-state index is 13.5. The molecule has 192 valence electrons. The molecule has 8 heteroatoms. The zero-order chi connectivity index (χ0) is 25.7. The van der Waals surface area contributed by atoms with Crippen LogP contribution in [0.15, 0.2) is 62.6 Å². The van der Waals surface area contributed by atoms with Crippen molar-refractivity contribution in [3.8, 4) is 0 Å². The molecule has 0 saturated heterocycles. The van der Waals surface area contributed by atoms with Crippen LogP contribution in [-0.2, 0) is 22.6 Å². The average molecular weight is 493 g/mol. The molecule has 2 aromatic rings. The topological polar surface area (TPSA) is 98.4 Å². The van der Waals surface area contributed by atoms with Crippen molar-refractivity contribution < 1.29 is 9.53 Å². The van der Waals surface area contributed by atoms with E-state index in [-0.39, 0.29) is 18.1 Å². The lowest BCUT2D eigenvalue weighted by atomic mass is 9.84. The standard InChI is InChI=1S/C28H36N4O4/c1-19-9-11-21(12-10-19)18-31-26(30-27(34)32(28(31)35)17-20(2)25(33)36-3)29-24-15-13-23(14-16-24)22-7-5-4-6-8-22/h9-11,13-16,20-22H,4-8,12,17-18H2,1-3H3,(H,29,30,34)/t20-,21?/m0/s1. The first-order chi connectivity index (χ1) is 17.4. The number of hydrogen-bond acceptors (Lipinski definition) is 5. The number of nitrogens with one attached hydrogen (secondary N) is 1. The van der Waals surface area contributed by atoms with Gasteiger partial charge in [0.15, 0.2) is 0 Å². The van der Waals surface area contributed by atoms with Gasteiger partial charge in [-0.2, -0.15) is 0 Å². The summed E-state index contributed by atoms with van der Waals surface area (Å²) >= 11 is 0. The fourth-order valence-electron chi connectivity index (χ4n) is 5.04. The van der Waals surface area contributed by atoms with Crippen LogP contribution in [0.2, 0.25) is 0 Å². The molecule has 0 radical (unpaired) electrons. The molecule has 4 rings (SSSR count). The van der Waals surface area contributed by atoms with E-state index in [2.05, 4.69) is 34.3 Å². The molecule has 1 heterocycles. The van der Waals surface area contributed by atoms with E-state index in [0.29, 0.717) is 18.2 Å². The van der Waals surface area contributed by atoms with Crippen molar-refractivity contribution >= 4 is 11.7 Å². The zero-order valence-electron chi connectivity index (χ0n) is 21.4. The second kappa shape index (κ2) is 11.5. The Kier molecular flexibility index (Phi) is 8.23. The molecule has 2 atom stereocenters. The second-order valence-electron chi connectivity index (χ2n) is 10.0. The van der Waals surface area contributed by atoms with E-state index in [1.165, 1.54) is 54.9 Å². The molecule has 1 saturated carbocycles. The second-order valence-corrected chi connectivity index (χ2v) is 10.0. The van der Waals surface area contributed by atoms with Gasteiger partial charge in [-0.15, -0.1) is 0 Å². The van der Waals surface area contributed by atoms with Crippen molar-refractivity contribution in [1.82, 2.24) is 14.1 Å². The third kappa shape index (κ3) is 6.04. The quantitative estimate of drug-likeness (QED) is 0.592. The molecule has 2 aliphatic carbocycles. The molecule has 1 aromatic heterocycles. The Balaban J connectivity index is 1.71. The van der Waals surface area contributed by atoms with Gasteiger partial charge in [-0.25, -0.2) is 19.1 Å². The number of aromatic nitrogens is 3. The highest BCUT2D eigenvalue weighted by Crippen LogP contribution is 2.33. The molecule has 1 unspecified atom stereocenters. The minimum Gasteiger partial charge on any atom is -0.469 e. The summed E-state index contributed by atoms with van der Waals surface area (Å²) in [5.41, 5.74) is 2.29. The number of allylic oxidation sites excluding steroid dienone is 4. The summed E-state index contributed by atoms with van der Waals surface area (Å²) in [6, 6.07) is 8.11. The first-order valence-corrected chi connectivity index (χ1v) is 12.9. The molecular weight excluding hydrogens is 456 g/mol. The summed E-state index contributed by atoms with van der Waals surface area (Å²) in [6.07, 6.45) is 13.3. The molecule has 0 aliphatic heterocycles. The number of aromatic amines is 1. The van der Waals surface area contributed by atoms with Crippen LogP contribution in [0, 0.1) is 11.8 Å². The van der Waals surface area contributed by atoms with E-state index in [0.717, 1.165) is 11.0 Å². The smallest absolute Gasteiger partial charge is 0.335 e. The first kappa shape index (κ1) is 25.7. The van der Waals surface area contributed by atoms with E-state index in [1.54, 1.807) is 6.92 Å². The highest BCUT2D eigenvalue weighted by Gasteiger charge is 2.20. The number of benzene rings is 1. The van der Waals surface area contributed by atoms with Gasteiger partial charge in [0.05, 0.1) is 18.7 Å². The Morgan fingerprint density at radius 1 is 1.14 bits per heavy atom. The lowest BCUT2D eigenvalue weighted by Gasteiger charge is -2.21. The van der Waals surface area contributed by atoms with Gasteiger partial charge in [-0.1, -0.05) is 62.1 Å². The van der Waals surface area contributed by atoms with Crippen molar-refractivity contribution in [3.63, 3.8) is 0 Å². The van der Waals surface area contributed by atoms with Gasteiger partial charge in [0, 0.05) is 13.1 Å². The van der Waals surface area contributed by atoms with Crippen LogP contribution in [0.25, 0.3) is 0 Å². The normalized spacial score (nSPS) is 19.7. The minimum atomic E-state index is -0.641. The van der Waals surface area contributed by atoms with Gasteiger partial charge < -0.3 is 4.74 Å². The number of carbonyl (C=O) groups excluding carboxylic acids is 1. The lowest BCUT2D eigenvalue weighted by Crippen LogP contribution is -2.51. The molecule has 0 spiro atoms. The number of H-pyrrole nitrogens is 1. The van der Waals surface area contributed by atoms with Gasteiger partial charge in [-0.05, 0) is 55.7 Å². The maximum Gasteiger partial charge on any atom is 0.335 e. The predicted molar refractivity (Wildman–Crippen MR) is 139 cm³/mol.